The lowest BCUT2D eigenvalue weighted by Gasteiger charge is -2.29. The second-order valence-corrected chi connectivity index (χ2v) is 9.95. The third-order valence-corrected chi connectivity index (χ3v) is 6.63. The lowest BCUT2D eigenvalue weighted by Crippen LogP contribution is -2.45. The Bertz CT molecular complexity index is 1070. The van der Waals surface area contributed by atoms with Gasteiger partial charge in [-0.05, 0) is 54.8 Å². The van der Waals surface area contributed by atoms with Crippen LogP contribution in [0.4, 0.5) is 14.9 Å². The first-order valence-corrected chi connectivity index (χ1v) is 12.3. The molecule has 0 unspecified atom stereocenters. The van der Waals surface area contributed by atoms with Crippen LogP contribution in [-0.4, -0.2) is 34.8 Å². The molecule has 1 atom stereocenters. The number of thiophene rings is 1. The molecule has 0 saturated carbocycles. The summed E-state index contributed by atoms with van der Waals surface area (Å²) in [6.45, 7) is 7.39. The predicted octanol–water partition coefficient (Wildman–Crippen LogP) is 6.30. The summed E-state index contributed by atoms with van der Waals surface area (Å²) in [4.78, 5) is 32.1. The van der Waals surface area contributed by atoms with Crippen LogP contribution in [0, 0.1) is 18.7 Å². The van der Waals surface area contributed by atoms with Crippen LogP contribution >= 0.6 is 11.3 Å². The van der Waals surface area contributed by atoms with Crippen LogP contribution in [-0.2, 0) is 17.9 Å². The SMILES string of the molecule is CC[C@H](C)CN(CC(=O)N(Cc1ccc(F)cc1)Cc1ccc(C)s1)C(=O)Nc1ccccc1. The first kappa shape index (κ1) is 25.4. The van der Waals surface area contributed by atoms with Gasteiger partial charge in [-0.1, -0.05) is 50.6 Å². The molecule has 0 aliphatic rings. The summed E-state index contributed by atoms with van der Waals surface area (Å²) < 4.78 is 13.4. The number of anilines is 1. The van der Waals surface area contributed by atoms with E-state index in [4.69, 9.17) is 0 Å². The van der Waals surface area contributed by atoms with E-state index in [2.05, 4.69) is 19.2 Å². The molecule has 5 nitrogen and oxygen atoms in total. The van der Waals surface area contributed by atoms with Crippen LogP contribution in [0.5, 0.6) is 0 Å². The number of amides is 3. The molecule has 0 fully saturated rings. The Morgan fingerprint density at radius 3 is 2.29 bits per heavy atom. The molecule has 34 heavy (non-hydrogen) atoms. The number of rotatable bonds is 10. The van der Waals surface area contributed by atoms with Gasteiger partial charge in [-0.15, -0.1) is 11.3 Å². The number of nitrogens with zero attached hydrogens (tertiary/aromatic N) is 2. The summed E-state index contributed by atoms with van der Waals surface area (Å²) in [6, 6.07) is 19.2. The summed E-state index contributed by atoms with van der Waals surface area (Å²) in [5.74, 6) is -0.213. The highest BCUT2D eigenvalue weighted by Crippen LogP contribution is 2.20. The lowest BCUT2D eigenvalue weighted by atomic mass is 10.1. The van der Waals surface area contributed by atoms with Crippen LogP contribution in [0.3, 0.4) is 0 Å². The van der Waals surface area contributed by atoms with Crippen molar-refractivity contribution in [3.05, 3.63) is 87.9 Å². The molecule has 1 aromatic heterocycles. The van der Waals surface area contributed by atoms with Crippen molar-refractivity contribution in [2.24, 2.45) is 5.92 Å². The molecule has 3 rings (SSSR count). The summed E-state index contributed by atoms with van der Waals surface area (Å²) in [5, 5.41) is 2.90. The molecule has 3 amide bonds. The van der Waals surface area contributed by atoms with E-state index in [0.29, 0.717) is 25.3 Å². The number of hydrogen-bond donors (Lipinski definition) is 1. The first-order valence-electron chi connectivity index (χ1n) is 11.5. The van der Waals surface area contributed by atoms with Crippen molar-refractivity contribution in [1.82, 2.24) is 9.80 Å². The maximum atomic E-state index is 13.5. The van der Waals surface area contributed by atoms with Crippen LogP contribution in [0.25, 0.3) is 0 Å². The van der Waals surface area contributed by atoms with E-state index < -0.39 is 0 Å². The van der Waals surface area contributed by atoms with Crippen LogP contribution in [0.2, 0.25) is 0 Å². The van der Waals surface area contributed by atoms with Crippen LogP contribution in [0.1, 0.15) is 35.6 Å². The fourth-order valence-electron chi connectivity index (χ4n) is 3.51. The number of aryl methyl sites for hydroxylation is 1. The third kappa shape index (κ3) is 7.70. The van der Waals surface area contributed by atoms with E-state index in [1.54, 1.807) is 33.3 Å². The molecule has 0 aliphatic heterocycles. The number of hydrogen-bond acceptors (Lipinski definition) is 3. The Kier molecular flexibility index (Phi) is 9.22. The second kappa shape index (κ2) is 12.3. The highest BCUT2D eigenvalue weighted by atomic mass is 32.1. The Morgan fingerprint density at radius 1 is 0.971 bits per heavy atom. The predicted molar refractivity (Wildman–Crippen MR) is 136 cm³/mol. The van der Waals surface area contributed by atoms with Gasteiger partial charge in [0.25, 0.3) is 0 Å². The first-order chi connectivity index (χ1) is 16.3. The average Bonchev–Trinajstić information content (AvgIpc) is 3.24. The number of urea groups is 1. The molecule has 2 aromatic carbocycles. The monoisotopic (exact) mass is 481 g/mol. The Labute approximate surface area is 205 Å². The number of benzene rings is 2. The number of carbonyl (C=O) groups excluding carboxylic acids is 2. The molecular weight excluding hydrogens is 449 g/mol. The topological polar surface area (TPSA) is 52.7 Å². The quantitative estimate of drug-likeness (QED) is 0.369. The number of halogens is 1. The molecule has 180 valence electrons. The largest absolute Gasteiger partial charge is 0.332 e. The Balaban J connectivity index is 1.78. The van der Waals surface area contributed by atoms with E-state index in [-0.39, 0.29) is 30.2 Å². The van der Waals surface area contributed by atoms with Crippen LogP contribution < -0.4 is 5.32 Å². The Morgan fingerprint density at radius 2 is 1.68 bits per heavy atom. The molecule has 7 heteroatoms. The maximum Gasteiger partial charge on any atom is 0.322 e. The van der Waals surface area contributed by atoms with Crippen molar-refractivity contribution in [3.63, 3.8) is 0 Å². The average molecular weight is 482 g/mol. The lowest BCUT2D eigenvalue weighted by molar-refractivity contribution is -0.133. The van der Waals surface area contributed by atoms with Gasteiger partial charge in [0.2, 0.25) is 5.91 Å². The van der Waals surface area contributed by atoms with Gasteiger partial charge < -0.3 is 15.1 Å². The molecule has 0 saturated heterocycles. The minimum Gasteiger partial charge on any atom is -0.332 e. The van der Waals surface area contributed by atoms with Crippen molar-refractivity contribution in [3.8, 4) is 0 Å². The van der Waals surface area contributed by atoms with Gasteiger partial charge >= 0.3 is 6.03 Å². The molecule has 1 heterocycles. The molecule has 0 aliphatic carbocycles. The molecular formula is C27H32FN3O2S. The van der Waals surface area contributed by atoms with E-state index in [9.17, 15) is 14.0 Å². The Hall–Kier alpha value is -3.19. The molecule has 0 spiro atoms. The van der Waals surface area contributed by atoms with Crippen molar-refractivity contribution >= 4 is 29.0 Å². The second-order valence-electron chi connectivity index (χ2n) is 8.58. The third-order valence-electron chi connectivity index (χ3n) is 5.65. The zero-order chi connectivity index (χ0) is 24.5. The fourth-order valence-corrected chi connectivity index (χ4v) is 4.42. The number of carbonyl (C=O) groups is 2. The van der Waals surface area contributed by atoms with Gasteiger partial charge in [0.15, 0.2) is 0 Å². The van der Waals surface area contributed by atoms with E-state index >= 15 is 0 Å². The van der Waals surface area contributed by atoms with Crippen molar-refractivity contribution in [2.75, 3.05) is 18.4 Å². The van der Waals surface area contributed by atoms with Gasteiger partial charge in [0, 0.05) is 28.5 Å². The molecule has 0 bridgehead atoms. The highest BCUT2D eigenvalue weighted by Gasteiger charge is 2.23. The molecule has 3 aromatic rings. The van der Waals surface area contributed by atoms with Gasteiger partial charge in [0.1, 0.15) is 12.4 Å². The van der Waals surface area contributed by atoms with Crippen molar-refractivity contribution in [2.45, 2.75) is 40.3 Å². The van der Waals surface area contributed by atoms with Crippen LogP contribution in [0.15, 0.2) is 66.7 Å². The van der Waals surface area contributed by atoms with Gasteiger partial charge in [-0.2, -0.15) is 0 Å². The van der Waals surface area contributed by atoms with Gasteiger partial charge in [0.05, 0.1) is 6.54 Å². The van der Waals surface area contributed by atoms with Gasteiger partial charge in [-0.25, -0.2) is 9.18 Å². The van der Waals surface area contributed by atoms with E-state index in [1.165, 1.54) is 17.0 Å². The summed E-state index contributed by atoms with van der Waals surface area (Å²) in [5.41, 5.74) is 1.52. The summed E-state index contributed by atoms with van der Waals surface area (Å²) >= 11 is 1.64. The van der Waals surface area contributed by atoms with Crippen molar-refractivity contribution < 1.29 is 14.0 Å². The summed E-state index contributed by atoms with van der Waals surface area (Å²) in [7, 11) is 0. The smallest absolute Gasteiger partial charge is 0.322 e. The fraction of sp³-hybridized carbons (Fsp3) is 0.333. The van der Waals surface area contributed by atoms with Crippen molar-refractivity contribution in [1.29, 1.82) is 0 Å². The minimum absolute atomic E-state index is 0.0332. The van der Waals surface area contributed by atoms with Gasteiger partial charge in [-0.3, -0.25) is 4.79 Å². The zero-order valence-corrected chi connectivity index (χ0v) is 20.8. The minimum atomic E-state index is -0.312. The number of para-hydroxylation sites is 1. The van der Waals surface area contributed by atoms with E-state index in [1.807, 2.05) is 49.4 Å². The maximum absolute atomic E-state index is 13.5. The standard InChI is InChI=1S/C27H32FN3O2S/c1-4-20(2)16-31(27(33)29-24-8-6-5-7-9-24)19-26(32)30(18-25-15-10-21(3)34-25)17-22-11-13-23(28)14-12-22/h5-15,20H,4,16-19H2,1-3H3,(H,29,33)/t20-/m0/s1. The summed E-state index contributed by atoms with van der Waals surface area (Å²) in [6.07, 6.45) is 0.900. The highest BCUT2D eigenvalue weighted by molar-refractivity contribution is 7.11. The number of nitrogens with one attached hydrogen (secondary N) is 1. The molecule has 1 N–H and O–H groups in total. The van der Waals surface area contributed by atoms with E-state index in [0.717, 1.165) is 16.9 Å². The molecule has 0 radical (unpaired) electrons. The normalized spacial score (nSPS) is 11.6. The zero-order valence-electron chi connectivity index (χ0n) is 20.0.